The summed E-state index contributed by atoms with van der Waals surface area (Å²) >= 11 is 5.42. The van der Waals surface area contributed by atoms with Gasteiger partial charge in [-0.1, -0.05) is 18.2 Å². The van der Waals surface area contributed by atoms with E-state index in [9.17, 15) is 29.1 Å². The number of aromatic nitrogens is 1. The number of H-pyrrole nitrogens is 1. The molecule has 1 aromatic carbocycles. The Hall–Kier alpha value is -3.23. The van der Waals surface area contributed by atoms with Gasteiger partial charge < -0.3 is 36.9 Å². The molecule has 0 aliphatic rings. The number of fused-ring (bicyclic) bond motifs is 1. The summed E-state index contributed by atoms with van der Waals surface area (Å²) in [5.74, 6) is -4.56. The summed E-state index contributed by atoms with van der Waals surface area (Å²) in [6.07, 6.45) is 2.90. The SMILES string of the molecule is CSCCC(NC(=O)C(Cc1c[nH]c2ccccc12)NC(=O)C(N)CS)C(=O)NC(CC(=O)O)C(=O)O. The molecule has 8 N–H and O–H groups in total. The topological polar surface area (TPSA) is 204 Å². The average Bonchev–Trinajstić information content (AvgIpc) is 3.27. The molecule has 1 heterocycles. The second-order valence-electron chi connectivity index (χ2n) is 8.25. The Morgan fingerprint density at radius 1 is 1.00 bits per heavy atom. The van der Waals surface area contributed by atoms with Gasteiger partial charge >= 0.3 is 11.9 Å². The first-order valence-electron chi connectivity index (χ1n) is 11.3. The molecule has 14 heteroatoms. The average molecular weight is 554 g/mol. The smallest absolute Gasteiger partial charge is 0.326 e. The van der Waals surface area contributed by atoms with E-state index in [1.54, 1.807) is 12.5 Å². The number of hydrogen-bond donors (Lipinski definition) is 8. The predicted octanol–water partition coefficient (Wildman–Crippen LogP) is -0.266. The molecule has 2 rings (SSSR count). The maximum atomic E-state index is 13.3. The van der Waals surface area contributed by atoms with Crippen molar-refractivity contribution < 1.29 is 34.2 Å². The monoisotopic (exact) mass is 553 g/mol. The van der Waals surface area contributed by atoms with Crippen molar-refractivity contribution in [2.24, 2.45) is 5.73 Å². The molecule has 0 spiro atoms. The Balaban J connectivity index is 2.27. The minimum Gasteiger partial charge on any atom is -0.481 e. The molecule has 0 bridgehead atoms. The highest BCUT2D eigenvalue weighted by molar-refractivity contribution is 7.98. The van der Waals surface area contributed by atoms with Gasteiger partial charge in [0.05, 0.1) is 12.5 Å². The van der Waals surface area contributed by atoms with E-state index in [0.717, 1.165) is 16.5 Å². The minimum atomic E-state index is -1.67. The van der Waals surface area contributed by atoms with Crippen LogP contribution in [0.4, 0.5) is 0 Å². The third kappa shape index (κ3) is 8.98. The number of benzene rings is 1. The molecule has 0 fully saturated rings. The number of carboxylic acid groups (broad SMARTS) is 2. The van der Waals surface area contributed by atoms with Gasteiger partial charge in [0.15, 0.2) is 0 Å². The van der Waals surface area contributed by atoms with E-state index < -0.39 is 60.2 Å². The molecular formula is C23H31N5O7S2. The normalized spacial score (nSPS) is 14.2. The van der Waals surface area contributed by atoms with Crippen molar-refractivity contribution in [3.8, 4) is 0 Å². The first kappa shape index (κ1) is 30.0. The molecule has 202 valence electrons. The van der Waals surface area contributed by atoms with Crippen molar-refractivity contribution in [1.29, 1.82) is 0 Å². The van der Waals surface area contributed by atoms with Crippen LogP contribution in [0.15, 0.2) is 30.5 Å². The highest BCUT2D eigenvalue weighted by Gasteiger charge is 2.31. The minimum absolute atomic E-state index is 0.0478. The van der Waals surface area contributed by atoms with Gasteiger partial charge in [-0.15, -0.1) is 0 Å². The quantitative estimate of drug-likeness (QED) is 0.137. The van der Waals surface area contributed by atoms with Gasteiger partial charge in [-0.3, -0.25) is 19.2 Å². The second kappa shape index (κ2) is 14.5. The van der Waals surface area contributed by atoms with Gasteiger partial charge in [-0.2, -0.15) is 24.4 Å². The zero-order chi connectivity index (χ0) is 27.5. The molecule has 1 aromatic heterocycles. The lowest BCUT2D eigenvalue weighted by atomic mass is 10.0. The Bertz CT molecular complexity index is 1130. The van der Waals surface area contributed by atoms with Crippen LogP contribution < -0.4 is 21.7 Å². The summed E-state index contributed by atoms with van der Waals surface area (Å²) in [4.78, 5) is 64.2. The van der Waals surface area contributed by atoms with E-state index in [-0.39, 0.29) is 18.6 Å². The first-order valence-corrected chi connectivity index (χ1v) is 13.4. The number of carboxylic acids is 2. The third-order valence-electron chi connectivity index (χ3n) is 5.50. The Morgan fingerprint density at radius 3 is 2.24 bits per heavy atom. The number of hydrogen-bond acceptors (Lipinski definition) is 8. The Morgan fingerprint density at radius 2 is 1.62 bits per heavy atom. The zero-order valence-corrected chi connectivity index (χ0v) is 21.8. The third-order valence-corrected chi connectivity index (χ3v) is 6.54. The van der Waals surface area contributed by atoms with Crippen LogP contribution in [0.3, 0.4) is 0 Å². The standard InChI is InChI=1S/C23H31N5O7S2/c1-37-7-6-16(21(32)28-18(23(34)35)9-19(29)30)26-22(33)17(27-20(31)14(24)11-36)8-12-10-25-15-5-3-2-4-13(12)15/h2-5,10,14,16-18,25,36H,6-9,11,24H2,1H3,(H,26,33)(H,27,31)(H,28,32)(H,29,30)(H,34,35). The van der Waals surface area contributed by atoms with E-state index in [1.807, 2.05) is 24.3 Å². The summed E-state index contributed by atoms with van der Waals surface area (Å²) in [6.45, 7) is 0. The number of carbonyl (C=O) groups is 5. The number of amides is 3. The summed E-state index contributed by atoms with van der Waals surface area (Å²) in [7, 11) is 0. The fourth-order valence-corrected chi connectivity index (χ4v) is 4.15. The van der Waals surface area contributed by atoms with Crippen LogP contribution in [0.25, 0.3) is 10.9 Å². The maximum Gasteiger partial charge on any atom is 0.326 e. The van der Waals surface area contributed by atoms with Crippen LogP contribution in [0.2, 0.25) is 0 Å². The van der Waals surface area contributed by atoms with Crippen molar-refractivity contribution in [2.45, 2.75) is 43.4 Å². The van der Waals surface area contributed by atoms with Gasteiger partial charge in [0.1, 0.15) is 18.1 Å². The van der Waals surface area contributed by atoms with Crippen molar-refractivity contribution in [3.63, 3.8) is 0 Å². The van der Waals surface area contributed by atoms with Crippen LogP contribution in [-0.4, -0.2) is 86.8 Å². The Kier molecular flexibility index (Phi) is 11.8. The number of nitrogens with one attached hydrogen (secondary N) is 4. The molecule has 0 aliphatic carbocycles. The zero-order valence-electron chi connectivity index (χ0n) is 20.1. The molecule has 0 aliphatic heterocycles. The fraction of sp³-hybridized carbons (Fsp3) is 0.435. The van der Waals surface area contributed by atoms with Crippen LogP contribution >= 0.6 is 24.4 Å². The lowest BCUT2D eigenvalue weighted by Gasteiger charge is -2.25. The molecule has 2 aromatic rings. The van der Waals surface area contributed by atoms with Crippen molar-refractivity contribution in [2.75, 3.05) is 17.8 Å². The van der Waals surface area contributed by atoms with Crippen LogP contribution in [0, 0.1) is 0 Å². The van der Waals surface area contributed by atoms with Crippen LogP contribution in [0.5, 0.6) is 0 Å². The number of nitrogens with two attached hydrogens (primary N) is 1. The molecule has 4 unspecified atom stereocenters. The van der Waals surface area contributed by atoms with E-state index in [0.29, 0.717) is 5.75 Å². The molecule has 0 saturated carbocycles. The van der Waals surface area contributed by atoms with Gasteiger partial charge in [0, 0.05) is 29.3 Å². The first-order chi connectivity index (χ1) is 17.6. The maximum absolute atomic E-state index is 13.3. The highest BCUT2D eigenvalue weighted by Crippen LogP contribution is 2.19. The number of rotatable bonds is 15. The highest BCUT2D eigenvalue weighted by atomic mass is 32.2. The van der Waals surface area contributed by atoms with E-state index in [4.69, 9.17) is 10.8 Å². The van der Waals surface area contributed by atoms with Crippen LogP contribution in [0.1, 0.15) is 18.4 Å². The molecule has 0 saturated heterocycles. The lowest BCUT2D eigenvalue weighted by molar-refractivity contribution is -0.147. The predicted molar refractivity (Wildman–Crippen MR) is 143 cm³/mol. The summed E-state index contributed by atoms with van der Waals surface area (Å²) in [6, 6.07) is 2.49. The van der Waals surface area contributed by atoms with Crippen molar-refractivity contribution in [1.82, 2.24) is 20.9 Å². The molecule has 12 nitrogen and oxygen atoms in total. The number of aliphatic carboxylic acids is 2. The van der Waals surface area contributed by atoms with Crippen LogP contribution in [-0.2, 0) is 30.4 Å². The Labute approximate surface area is 222 Å². The van der Waals surface area contributed by atoms with E-state index in [2.05, 4.69) is 33.6 Å². The van der Waals surface area contributed by atoms with Crippen molar-refractivity contribution >= 4 is 65.0 Å². The second-order valence-corrected chi connectivity index (χ2v) is 9.60. The summed E-state index contributed by atoms with van der Waals surface area (Å²) in [5, 5.41) is 26.4. The van der Waals surface area contributed by atoms with Gasteiger partial charge in [-0.25, -0.2) is 4.79 Å². The molecule has 4 atom stereocenters. The van der Waals surface area contributed by atoms with Gasteiger partial charge in [0.2, 0.25) is 17.7 Å². The lowest BCUT2D eigenvalue weighted by Crippen LogP contribution is -2.58. The molecule has 0 radical (unpaired) electrons. The van der Waals surface area contributed by atoms with Crippen molar-refractivity contribution in [3.05, 3.63) is 36.0 Å². The van der Waals surface area contributed by atoms with Gasteiger partial charge in [0.25, 0.3) is 0 Å². The summed E-state index contributed by atoms with van der Waals surface area (Å²) < 4.78 is 0. The molecular weight excluding hydrogens is 522 g/mol. The number of aromatic amines is 1. The number of carbonyl (C=O) groups excluding carboxylic acids is 3. The number of thiol groups is 1. The molecule has 3 amide bonds. The number of para-hydroxylation sites is 1. The van der Waals surface area contributed by atoms with Gasteiger partial charge in [-0.05, 0) is 30.1 Å². The summed E-state index contributed by atoms with van der Waals surface area (Å²) in [5.41, 5.74) is 7.35. The molecule has 37 heavy (non-hydrogen) atoms. The largest absolute Gasteiger partial charge is 0.481 e. The fourth-order valence-electron chi connectivity index (χ4n) is 3.52. The number of thioether (sulfide) groups is 1. The van der Waals surface area contributed by atoms with E-state index in [1.165, 1.54) is 11.8 Å². The van der Waals surface area contributed by atoms with E-state index >= 15 is 0 Å².